The zero-order valence-corrected chi connectivity index (χ0v) is 13.1. The minimum absolute atomic E-state index is 0.0498. The Kier molecular flexibility index (Phi) is 2.72. The molecular weight excluding hydrogens is 280 g/mol. The van der Waals surface area contributed by atoms with Gasteiger partial charge in [0.05, 0.1) is 11.0 Å². The lowest BCUT2D eigenvalue weighted by atomic mass is 9.49. The van der Waals surface area contributed by atoms with E-state index in [0.29, 0.717) is 18.6 Å². The standard InChI is InChI=1S/C18H22O4/c1-10-5-6-12(19)15-14(10)17-8-3-4-11(2)18(17,21)9-7-13(20)16(17)22-15/h5-6,11,16,19,21H,3-4,7-9H2,1-2H3/t11-,16-,17-,18+/m0/s1. The number of rotatable bonds is 0. The minimum atomic E-state index is -0.937. The number of phenolic OH excluding ortho intramolecular Hbond substituents is 1. The molecule has 1 aromatic carbocycles. The van der Waals surface area contributed by atoms with Crippen LogP contribution in [0.1, 0.15) is 50.2 Å². The van der Waals surface area contributed by atoms with E-state index in [1.54, 1.807) is 6.07 Å². The Labute approximate surface area is 130 Å². The molecule has 0 radical (unpaired) electrons. The number of carbonyl (C=O) groups excluding carboxylic acids is 1. The first-order valence-electron chi connectivity index (χ1n) is 8.16. The summed E-state index contributed by atoms with van der Waals surface area (Å²) in [7, 11) is 0. The normalized spacial score (nSPS) is 39.7. The lowest BCUT2D eigenvalue weighted by molar-refractivity contribution is -0.171. The Balaban J connectivity index is 2.04. The Bertz CT molecular complexity index is 667. The number of fused-ring (bicyclic) bond motifs is 1. The summed E-state index contributed by atoms with van der Waals surface area (Å²) in [5, 5.41) is 21.8. The Morgan fingerprint density at radius 1 is 1.32 bits per heavy atom. The molecule has 4 nitrogen and oxygen atoms in total. The van der Waals surface area contributed by atoms with Gasteiger partial charge in [0.1, 0.15) is 0 Å². The summed E-state index contributed by atoms with van der Waals surface area (Å²) in [4.78, 5) is 12.5. The van der Waals surface area contributed by atoms with E-state index >= 15 is 0 Å². The number of hydrogen-bond acceptors (Lipinski definition) is 4. The van der Waals surface area contributed by atoms with Crippen LogP contribution < -0.4 is 4.74 Å². The molecule has 3 aliphatic rings. The second kappa shape index (κ2) is 4.25. The molecule has 4 rings (SSSR count). The third kappa shape index (κ3) is 1.40. The minimum Gasteiger partial charge on any atom is -0.504 e. The van der Waals surface area contributed by atoms with Crippen molar-refractivity contribution in [3.05, 3.63) is 23.3 Å². The summed E-state index contributed by atoms with van der Waals surface area (Å²) >= 11 is 0. The van der Waals surface area contributed by atoms with Crippen molar-refractivity contribution >= 4 is 5.78 Å². The second-order valence-corrected chi connectivity index (χ2v) is 7.26. The first-order chi connectivity index (χ1) is 10.4. The van der Waals surface area contributed by atoms with Crippen LogP contribution in [-0.2, 0) is 10.2 Å². The number of carbonyl (C=O) groups is 1. The van der Waals surface area contributed by atoms with Crippen molar-refractivity contribution in [2.45, 2.75) is 63.1 Å². The third-order valence-electron chi connectivity index (χ3n) is 6.32. The van der Waals surface area contributed by atoms with Gasteiger partial charge in [0.2, 0.25) is 0 Å². The first kappa shape index (κ1) is 14.1. The van der Waals surface area contributed by atoms with Gasteiger partial charge in [0.25, 0.3) is 0 Å². The summed E-state index contributed by atoms with van der Waals surface area (Å²) in [6.45, 7) is 4.04. The van der Waals surface area contributed by atoms with Crippen LogP contribution in [-0.4, -0.2) is 27.7 Å². The molecule has 4 atom stereocenters. The smallest absolute Gasteiger partial charge is 0.174 e. The van der Waals surface area contributed by atoms with E-state index in [1.165, 1.54) is 0 Å². The number of hydrogen-bond donors (Lipinski definition) is 2. The van der Waals surface area contributed by atoms with Crippen LogP contribution in [0, 0.1) is 12.8 Å². The quantitative estimate of drug-likeness (QED) is 0.773. The van der Waals surface area contributed by atoms with Gasteiger partial charge in [-0.3, -0.25) is 4.79 Å². The number of aryl methyl sites for hydroxylation is 1. The molecule has 22 heavy (non-hydrogen) atoms. The fraction of sp³-hybridized carbons (Fsp3) is 0.611. The van der Waals surface area contributed by atoms with Crippen LogP contribution in [0.3, 0.4) is 0 Å². The average Bonchev–Trinajstić information content (AvgIpc) is 2.85. The molecule has 0 amide bonds. The summed E-state index contributed by atoms with van der Waals surface area (Å²) in [6, 6.07) is 3.46. The molecule has 2 fully saturated rings. The van der Waals surface area contributed by atoms with Crippen LogP contribution in [0.25, 0.3) is 0 Å². The van der Waals surface area contributed by atoms with Crippen molar-refractivity contribution in [2.24, 2.45) is 5.92 Å². The van der Waals surface area contributed by atoms with Crippen LogP contribution in [0.15, 0.2) is 12.1 Å². The molecular formula is C18H22O4. The number of ether oxygens (including phenoxy) is 1. The lowest BCUT2D eigenvalue weighted by Gasteiger charge is -2.56. The van der Waals surface area contributed by atoms with Crippen LogP contribution >= 0.6 is 0 Å². The fourth-order valence-electron chi connectivity index (χ4n) is 5.23. The van der Waals surface area contributed by atoms with Gasteiger partial charge in [-0.05, 0) is 43.7 Å². The number of aromatic hydroxyl groups is 1. The topological polar surface area (TPSA) is 66.8 Å². The molecule has 0 unspecified atom stereocenters. The van der Waals surface area contributed by atoms with Gasteiger partial charge in [0.15, 0.2) is 23.4 Å². The van der Waals surface area contributed by atoms with Crippen LogP contribution in [0.4, 0.5) is 0 Å². The average molecular weight is 302 g/mol. The number of Topliss-reactive ketones (excluding diaryl/α,β-unsaturated/α-hetero) is 1. The van der Waals surface area contributed by atoms with Crippen molar-refractivity contribution in [1.29, 1.82) is 0 Å². The van der Waals surface area contributed by atoms with E-state index < -0.39 is 17.1 Å². The lowest BCUT2D eigenvalue weighted by Crippen LogP contribution is -2.67. The van der Waals surface area contributed by atoms with Crippen molar-refractivity contribution in [3.63, 3.8) is 0 Å². The molecule has 1 aromatic rings. The maximum atomic E-state index is 12.5. The molecule has 0 aromatic heterocycles. The molecule has 1 spiro atoms. The molecule has 1 heterocycles. The van der Waals surface area contributed by atoms with Crippen molar-refractivity contribution < 1.29 is 19.7 Å². The zero-order valence-electron chi connectivity index (χ0n) is 13.1. The maximum Gasteiger partial charge on any atom is 0.174 e. The van der Waals surface area contributed by atoms with Gasteiger partial charge in [-0.15, -0.1) is 0 Å². The predicted octanol–water partition coefficient (Wildman–Crippen LogP) is 2.61. The van der Waals surface area contributed by atoms with Crippen LogP contribution in [0.2, 0.25) is 0 Å². The summed E-state index contributed by atoms with van der Waals surface area (Å²) in [5.74, 6) is 0.646. The Hall–Kier alpha value is -1.55. The summed E-state index contributed by atoms with van der Waals surface area (Å²) < 4.78 is 5.95. The van der Waals surface area contributed by atoms with Gasteiger partial charge in [-0.2, -0.15) is 0 Å². The molecule has 2 saturated carbocycles. The van der Waals surface area contributed by atoms with Crippen molar-refractivity contribution in [3.8, 4) is 11.5 Å². The third-order valence-corrected chi connectivity index (χ3v) is 6.32. The summed E-state index contributed by atoms with van der Waals surface area (Å²) in [6.07, 6.45) is 2.85. The highest BCUT2D eigenvalue weighted by molar-refractivity contribution is 5.89. The highest BCUT2D eigenvalue weighted by atomic mass is 16.5. The molecule has 118 valence electrons. The predicted molar refractivity (Wildman–Crippen MR) is 81.1 cm³/mol. The SMILES string of the molecule is Cc1ccc(O)c2c1[C@]13CCC[C@H](C)[C@]1(O)CCC(=O)[C@@H]3O2. The monoisotopic (exact) mass is 302 g/mol. The number of ketones is 1. The van der Waals surface area contributed by atoms with Gasteiger partial charge in [-0.1, -0.05) is 19.4 Å². The Morgan fingerprint density at radius 2 is 2.09 bits per heavy atom. The van der Waals surface area contributed by atoms with E-state index in [-0.39, 0.29) is 17.5 Å². The Morgan fingerprint density at radius 3 is 2.86 bits per heavy atom. The van der Waals surface area contributed by atoms with E-state index in [2.05, 4.69) is 6.92 Å². The van der Waals surface area contributed by atoms with E-state index in [4.69, 9.17) is 4.74 Å². The number of aliphatic hydroxyl groups is 1. The number of benzene rings is 1. The first-order valence-corrected chi connectivity index (χ1v) is 8.16. The van der Waals surface area contributed by atoms with E-state index in [9.17, 15) is 15.0 Å². The van der Waals surface area contributed by atoms with Gasteiger partial charge >= 0.3 is 0 Å². The largest absolute Gasteiger partial charge is 0.504 e. The van der Waals surface area contributed by atoms with E-state index in [1.807, 2.05) is 13.0 Å². The summed E-state index contributed by atoms with van der Waals surface area (Å²) in [5.41, 5.74) is 0.211. The van der Waals surface area contributed by atoms with Gasteiger partial charge < -0.3 is 14.9 Å². The highest BCUT2D eigenvalue weighted by Gasteiger charge is 2.69. The second-order valence-electron chi connectivity index (χ2n) is 7.26. The molecule has 0 bridgehead atoms. The van der Waals surface area contributed by atoms with E-state index in [0.717, 1.165) is 30.4 Å². The number of phenols is 1. The zero-order chi connectivity index (χ0) is 15.7. The molecule has 1 aliphatic heterocycles. The van der Waals surface area contributed by atoms with Gasteiger partial charge in [0, 0.05) is 12.0 Å². The van der Waals surface area contributed by atoms with Crippen molar-refractivity contribution in [2.75, 3.05) is 0 Å². The highest BCUT2D eigenvalue weighted by Crippen LogP contribution is 2.63. The molecule has 2 aliphatic carbocycles. The van der Waals surface area contributed by atoms with Gasteiger partial charge in [-0.25, -0.2) is 0 Å². The molecule has 4 heteroatoms. The maximum absolute atomic E-state index is 12.5. The molecule has 2 N–H and O–H groups in total. The van der Waals surface area contributed by atoms with Crippen molar-refractivity contribution in [1.82, 2.24) is 0 Å². The fourth-order valence-corrected chi connectivity index (χ4v) is 5.23. The molecule has 0 saturated heterocycles. The van der Waals surface area contributed by atoms with Crippen LogP contribution in [0.5, 0.6) is 11.5 Å².